The molecular formula is C9H14O2. The SMILES string of the molecule is C=CC1C(C)C1(C)C.O=C=O. The van der Waals surface area contributed by atoms with Gasteiger partial charge in [-0.15, -0.1) is 6.58 Å². The first-order chi connectivity index (χ1) is 5.02. The van der Waals surface area contributed by atoms with Gasteiger partial charge in [0.1, 0.15) is 0 Å². The molecule has 0 saturated heterocycles. The number of hydrogen-bond donors (Lipinski definition) is 0. The summed E-state index contributed by atoms with van der Waals surface area (Å²) < 4.78 is 0. The lowest BCUT2D eigenvalue weighted by atomic mass is 10.1. The molecule has 2 nitrogen and oxygen atoms in total. The van der Waals surface area contributed by atoms with Gasteiger partial charge in [0.25, 0.3) is 0 Å². The minimum Gasteiger partial charge on any atom is -0.186 e. The lowest BCUT2D eigenvalue weighted by Gasteiger charge is -1.94. The minimum atomic E-state index is 0.250. The minimum absolute atomic E-state index is 0.250. The van der Waals surface area contributed by atoms with E-state index in [0.29, 0.717) is 5.41 Å². The summed E-state index contributed by atoms with van der Waals surface area (Å²) in [6.07, 6.45) is 2.32. The van der Waals surface area contributed by atoms with Crippen LogP contribution in [0, 0.1) is 17.3 Å². The third-order valence-corrected chi connectivity index (χ3v) is 2.72. The summed E-state index contributed by atoms with van der Waals surface area (Å²) in [6.45, 7) is 10.6. The molecule has 1 fully saturated rings. The average molecular weight is 154 g/mol. The third kappa shape index (κ3) is 2.02. The van der Waals surface area contributed by atoms with E-state index in [0.717, 1.165) is 11.8 Å². The number of hydrogen-bond acceptors (Lipinski definition) is 2. The van der Waals surface area contributed by atoms with Crippen LogP contribution in [0.25, 0.3) is 0 Å². The summed E-state index contributed by atoms with van der Waals surface area (Å²) in [7, 11) is 0. The van der Waals surface area contributed by atoms with Crippen LogP contribution in [0.1, 0.15) is 20.8 Å². The normalized spacial score (nSPS) is 30.8. The van der Waals surface area contributed by atoms with Gasteiger partial charge in [-0.1, -0.05) is 26.8 Å². The highest BCUT2D eigenvalue weighted by Crippen LogP contribution is 2.58. The first-order valence-electron chi connectivity index (χ1n) is 3.64. The molecule has 0 N–H and O–H groups in total. The second-order valence-corrected chi connectivity index (χ2v) is 3.45. The molecule has 0 radical (unpaired) electrons. The van der Waals surface area contributed by atoms with Crippen LogP contribution in [0.5, 0.6) is 0 Å². The van der Waals surface area contributed by atoms with Crippen molar-refractivity contribution in [3.63, 3.8) is 0 Å². The van der Waals surface area contributed by atoms with Gasteiger partial charge in [0.2, 0.25) is 0 Å². The van der Waals surface area contributed by atoms with Gasteiger partial charge in [0, 0.05) is 0 Å². The predicted molar refractivity (Wildman–Crippen MR) is 41.6 cm³/mol. The van der Waals surface area contributed by atoms with E-state index in [2.05, 4.69) is 33.4 Å². The highest BCUT2D eigenvalue weighted by molar-refractivity contribution is 5.20. The predicted octanol–water partition coefficient (Wildman–Crippen LogP) is 1.88. The van der Waals surface area contributed by atoms with Crippen molar-refractivity contribution in [2.75, 3.05) is 0 Å². The molecule has 0 heterocycles. The van der Waals surface area contributed by atoms with E-state index in [9.17, 15) is 0 Å². The van der Waals surface area contributed by atoms with Gasteiger partial charge in [0.05, 0.1) is 0 Å². The Hall–Kier alpha value is -0.880. The van der Waals surface area contributed by atoms with Gasteiger partial charge >= 0.3 is 6.15 Å². The smallest absolute Gasteiger partial charge is 0.186 e. The lowest BCUT2D eigenvalue weighted by molar-refractivity contribution is -0.191. The summed E-state index contributed by atoms with van der Waals surface area (Å²) in [5.41, 5.74) is 0.557. The highest BCUT2D eigenvalue weighted by atomic mass is 16.2. The van der Waals surface area contributed by atoms with Crippen molar-refractivity contribution in [2.45, 2.75) is 20.8 Å². The molecule has 1 aliphatic rings. The Morgan fingerprint density at radius 1 is 1.45 bits per heavy atom. The second-order valence-electron chi connectivity index (χ2n) is 3.45. The fourth-order valence-electron chi connectivity index (χ4n) is 1.45. The van der Waals surface area contributed by atoms with Crippen LogP contribution in [0.3, 0.4) is 0 Å². The molecule has 1 aliphatic carbocycles. The molecule has 11 heavy (non-hydrogen) atoms. The summed E-state index contributed by atoms with van der Waals surface area (Å²) in [6, 6.07) is 0. The maximum Gasteiger partial charge on any atom is 0.373 e. The van der Waals surface area contributed by atoms with Crippen LogP contribution >= 0.6 is 0 Å². The molecule has 1 rings (SSSR count). The van der Waals surface area contributed by atoms with E-state index in [1.54, 1.807) is 0 Å². The zero-order valence-electron chi connectivity index (χ0n) is 7.26. The van der Waals surface area contributed by atoms with Crippen LogP contribution in [0.4, 0.5) is 0 Å². The molecule has 62 valence electrons. The van der Waals surface area contributed by atoms with Crippen molar-refractivity contribution >= 4 is 6.15 Å². The number of carbonyl (C=O) groups excluding carboxylic acids is 2. The van der Waals surface area contributed by atoms with E-state index in [-0.39, 0.29) is 6.15 Å². The van der Waals surface area contributed by atoms with Crippen molar-refractivity contribution in [3.05, 3.63) is 12.7 Å². The van der Waals surface area contributed by atoms with Crippen molar-refractivity contribution in [1.29, 1.82) is 0 Å². The maximum atomic E-state index is 8.12. The Labute approximate surface area is 67.3 Å². The Balaban J connectivity index is 0.000000292. The first kappa shape index (κ1) is 10.1. The maximum absolute atomic E-state index is 8.12. The van der Waals surface area contributed by atoms with Gasteiger partial charge in [-0.05, 0) is 17.3 Å². The molecule has 0 bridgehead atoms. The van der Waals surface area contributed by atoms with E-state index in [1.165, 1.54) is 0 Å². The fraction of sp³-hybridized carbons (Fsp3) is 0.667. The van der Waals surface area contributed by atoms with E-state index in [4.69, 9.17) is 9.59 Å². The van der Waals surface area contributed by atoms with Crippen molar-refractivity contribution in [2.24, 2.45) is 17.3 Å². The molecule has 0 amide bonds. The Morgan fingerprint density at radius 2 is 1.73 bits per heavy atom. The topological polar surface area (TPSA) is 34.1 Å². The zero-order chi connectivity index (χ0) is 9.07. The molecule has 2 unspecified atom stereocenters. The molecule has 0 aromatic rings. The Bertz CT molecular complexity index is 176. The second kappa shape index (κ2) is 3.49. The quantitative estimate of drug-likeness (QED) is 0.540. The summed E-state index contributed by atoms with van der Waals surface area (Å²) >= 11 is 0. The first-order valence-corrected chi connectivity index (χ1v) is 3.64. The third-order valence-electron chi connectivity index (χ3n) is 2.72. The molecule has 1 saturated carbocycles. The van der Waals surface area contributed by atoms with Crippen molar-refractivity contribution in [3.8, 4) is 0 Å². The average Bonchev–Trinajstić information content (AvgIpc) is 2.35. The van der Waals surface area contributed by atoms with Crippen LogP contribution in [-0.2, 0) is 9.59 Å². The standard InChI is InChI=1S/C8H14.CO2/c1-5-7-6(2)8(7,3)4;2-1-3/h5-7H,1H2,2-4H3;. The fourth-order valence-corrected chi connectivity index (χ4v) is 1.45. The molecule has 0 aromatic carbocycles. The Morgan fingerprint density at radius 3 is 1.73 bits per heavy atom. The molecule has 0 spiro atoms. The summed E-state index contributed by atoms with van der Waals surface area (Å²) in [4.78, 5) is 16.2. The van der Waals surface area contributed by atoms with Crippen LogP contribution in [0.2, 0.25) is 0 Å². The summed E-state index contributed by atoms with van der Waals surface area (Å²) in [5, 5.41) is 0. The van der Waals surface area contributed by atoms with Gasteiger partial charge in [-0.2, -0.15) is 9.59 Å². The molecule has 0 aromatic heterocycles. The number of allylic oxidation sites excluding steroid dienone is 1. The molecule has 2 atom stereocenters. The molecule has 2 heteroatoms. The van der Waals surface area contributed by atoms with Gasteiger partial charge in [-0.3, -0.25) is 0 Å². The van der Waals surface area contributed by atoms with Crippen molar-refractivity contribution in [1.82, 2.24) is 0 Å². The van der Waals surface area contributed by atoms with Gasteiger partial charge in [0.15, 0.2) is 0 Å². The van der Waals surface area contributed by atoms with Crippen LogP contribution in [-0.4, -0.2) is 6.15 Å². The van der Waals surface area contributed by atoms with E-state index < -0.39 is 0 Å². The van der Waals surface area contributed by atoms with Gasteiger partial charge in [-0.25, -0.2) is 0 Å². The summed E-state index contributed by atoms with van der Waals surface area (Å²) in [5.74, 6) is 1.64. The van der Waals surface area contributed by atoms with Gasteiger partial charge < -0.3 is 0 Å². The zero-order valence-corrected chi connectivity index (χ0v) is 7.26. The molecular weight excluding hydrogens is 140 g/mol. The lowest BCUT2D eigenvalue weighted by Crippen LogP contribution is -1.86. The van der Waals surface area contributed by atoms with E-state index in [1.807, 2.05) is 0 Å². The monoisotopic (exact) mass is 154 g/mol. The molecule has 0 aliphatic heterocycles. The van der Waals surface area contributed by atoms with E-state index >= 15 is 0 Å². The number of rotatable bonds is 1. The van der Waals surface area contributed by atoms with Crippen molar-refractivity contribution < 1.29 is 9.59 Å². The Kier molecular flexibility index (Phi) is 3.21. The highest BCUT2D eigenvalue weighted by Gasteiger charge is 2.52. The largest absolute Gasteiger partial charge is 0.373 e. The van der Waals surface area contributed by atoms with Crippen LogP contribution in [0.15, 0.2) is 12.7 Å². The van der Waals surface area contributed by atoms with Crippen LogP contribution < -0.4 is 0 Å².